The van der Waals surface area contributed by atoms with Crippen molar-refractivity contribution >= 4 is 16.0 Å². The van der Waals surface area contributed by atoms with Gasteiger partial charge in [0.15, 0.2) is 0 Å². The van der Waals surface area contributed by atoms with Crippen LogP contribution in [0.4, 0.5) is 0 Å². The van der Waals surface area contributed by atoms with E-state index >= 15 is 0 Å². The minimum absolute atomic E-state index is 0.0206. The van der Waals surface area contributed by atoms with Crippen LogP contribution >= 0.6 is 0 Å². The molecule has 1 unspecified atom stereocenters. The van der Waals surface area contributed by atoms with Gasteiger partial charge in [0.2, 0.25) is 5.91 Å². The monoisotopic (exact) mass is 671 g/mol. The van der Waals surface area contributed by atoms with E-state index in [1.54, 1.807) is 0 Å². The van der Waals surface area contributed by atoms with Gasteiger partial charge in [-0.05, 0) is 81.4 Å². The Labute approximate surface area is 285 Å². The van der Waals surface area contributed by atoms with Crippen molar-refractivity contribution in [1.82, 2.24) is 5.32 Å². The van der Waals surface area contributed by atoms with Crippen LogP contribution in [0.1, 0.15) is 183 Å². The van der Waals surface area contributed by atoms with E-state index in [4.69, 9.17) is 8.92 Å². The molecule has 8 heteroatoms. The number of aliphatic hydroxyl groups is 1. The van der Waals surface area contributed by atoms with Crippen molar-refractivity contribution < 1.29 is 27.2 Å². The van der Waals surface area contributed by atoms with Gasteiger partial charge in [0.25, 0.3) is 10.1 Å². The summed E-state index contributed by atoms with van der Waals surface area (Å²) in [6.45, 7) is 27.1. The zero-order valence-electron chi connectivity index (χ0n) is 31.1. The summed E-state index contributed by atoms with van der Waals surface area (Å²) < 4.78 is 39.7. The van der Waals surface area contributed by atoms with Gasteiger partial charge in [0.1, 0.15) is 4.90 Å². The molecule has 4 atom stereocenters. The average molecular weight is 672 g/mol. The van der Waals surface area contributed by atoms with Gasteiger partial charge >= 0.3 is 0 Å². The van der Waals surface area contributed by atoms with Crippen LogP contribution in [0.3, 0.4) is 0 Å². The van der Waals surface area contributed by atoms with Gasteiger partial charge in [-0.25, -0.2) is 0 Å². The fraction of sp³-hybridized carbons (Fsp3) is 0.667. The van der Waals surface area contributed by atoms with Crippen LogP contribution in [0, 0.1) is 0 Å². The summed E-state index contributed by atoms with van der Waals surface area (Å²) in [5.74, 6) is 0.976. The highest BCUT2D eigenvalue weighted by Crippen LogP contribution is 2.39. The zero-order chi connectivity index (χ0) is 35.5. The van der Waals surface area contributed by atoms with E-state index in [1.165, 1.54) is 16.7 Å². The molecule has 3 rings (SSSR count). The van der Waals surface area contributed by atoms with Crippen LogP contribution in [0.2, 0.25) is 0 Å². The number of carbonyl (C=O) groups excluding carboxylic acids is 1. The van der Waals surface area contributed by atoms with E-state index in [0.717, 1.165) is 22.3 Å². The molecule has 0 aliphatic carbocycles. The van der Waals surface area contributed by atoms with Gasteiger partial charge in [-0.1, -0.05) is 107 Å². The van der Waals surface area contributed by atoms with Crippen molar-refractivity contribution in [2.24, 2.45) is 0 Å². The average Bonchev–Trinajstić information content (AvgIpc) is 3.34. The normalized spacial score (nSPS) is 18.8. The van der Waals surface area contributed by atoms with Crippen molar-refractivity contribution in [3.63, 3.8) is 0 Å². The minimum Gasteiger partial charge on any atom is -0.391 e. The molecule has 0 bridgehead atoms. The molecule has 1 amide bonds. The molecule has 2 aromatic carbocycles. The molecule has 47 heavy (non-hydrogen) atoms. The number of carbonyl (C=O) groups is 1. The number of nitrogens with one attached hydrogen (secondary N) is 1. The number of rotatable bonds is 15. The first kappa shape index (κ1) is 39.2. The number of hydrogen-bond donors (Lipinski definition) is 2. The summed E-state index contributed by atoms with van der Waals surface area (Å²) in [6, 6.07) is 7.85. The smallest absolute Gasteiger partial charge is 0.297 e. The highest BCUT2D eigenvalue weighted by atomic mass is 32.2. The standard InChI is InChI=1S/C39H61NO6S/c1-21(2)28-16-30(23(5)6)37(31(17-28)24(7)8)27(13)46-35-20-36(42)40-38(35)34(41)14-15-45-47(43,44)39-32(25(9)10)18-29(22(3)4)19-33(39)26(11)12/h16-19,21-27,34-35,38,41H,14-15,20H2,1-13H3,(H,40,42)/t27-,34?,35+,38+/m0/s1. The third-order valence-corrected chi connectivity index (χ3v) is 10.9. The van der Waals surface area contributed by atoms with Crippen LogP contribution in [-0.4, -0.2) is 44.3 Å². The topological polar surface area (TPSA) is 102 Å². The van der Waals surface area contributed by atoms with Crippen molar-refractivity contribution in [3.8, 4) is 0 Å². The molecule has 0 saturated carbocycles. The van der Waals surface area contributed by atoms with Gasteiger partial charge in [-0.15, -0.1) is 0 Å². The van der Waals surface area contributed by atoms with Crippen LogP contribution < -0.4 is 5.32 Å². The van der Waals surface area contributed by atoms with Crippen LogP contribution in [0.15, 0.2) is 29.2 Å². The summed E-state index contributed by atoms with van der Waals surface area (Å²) in [6.07, 6.45) is -1.79. The molecule has 264 valence electrons. The Bertz CT molecular complexity index is 1430. The number of ether oxygens (including phenoxy) is 1. The lowest BCUT2D eigenvalue weighted by molar-refractivity contribution is -0.120. The molecule has 7 nitrogen and oxygen atoms in total. The van der Waals surface area contributed by atoms with Gasteiger partial charge in [-0.2, -0.15) is 8.42 Å². The number of aliphatic hydroxyl groups excluding tert-OH is 1. The van der Waals surface area contributed by atoms with Gasteiger partial charge < -0.3 is 15.2 Å². The van der Waals surface area contributed by atoms with Crippen molar-refractivity contribution in [2.75, 3.05) is 6.61 Å². The molecule has 0 aromatic heterocycles. The molecule has 0 radical (unpaired) electrons. The molecule has 2 aromatic rings. The Balaban J connectivity index is 1.83. The summed E-state index contributed by atoms with van der Waals surface area (Å²) in [5, 5.41) is 14.2. The summed E-state index contributed by atoms with van der Waals surface area (Å²) in [4.78, 5) is 12.9. The first-order chi connectivity index (χ1) is 21.8. The largest absolute Gasteiger partial charge is 0.391 e. The second-order valence-electron chi connectivity index (χ2n) is 15.3. The number of benzene rings is 2. The second-order valence-corrected chi connectivity index (χ2v) is 16.9. The lowest BCUT2D eigenvalue weighted by Gasteiger charge is -2.31. The lowest BCUT2D eigenvalue weighted by Crippen LogP contribution is -2.44. The highest BCUT2D eigenvalue weighted by molar-refractivity contribution is 7.86. The Kier molecular flexibility index (Phi) is 13.3. The molecule has 2 N–H and O–H groups in total. The first-order valence-electron chi connectivity index (χ1n) is 17.6. The Hall–Kier alpha value is -2.26. The summed E-state index contributed by atoms with van der Waals surface area (Å²) in [5.41, 5.74) is 7.51. The SMILES string of the molecule is CC(C)c1cc(C(C)C)c([C@H](C)O[C@@H]2CC(=O)N[C@@H]2C(O)CCOS(=O)(=O)c2c(C(C)C)cc(C(C)C)cc2C(C)C)c(C(C)C)c1. The molecule has 0 spiro atoms. The Morgan fingerprint density at radius 2 is 1.15 bits per heavy atom. The van der Waals surface area contributed by atoms with E-state index < -0.39 is 28.4 Å². The van der Waals surface area contributed by atoms with Gasteiger partial charge in [0, 0.05) is 6.42 Å². The third-order valence-electron chi connectivity index (χ3n) is 9.47. The molecule has 1 saturated heterocycles. The maximum atomic E-state index is 13.7. The molecule has 1 aliphatic rings. The van der Waals surface area contributed by atoms with Crippen molar-refractivity contribution in [1.29, 1.82) is 0 Å². The molecule has 1 fully saturated rings. The fourth-order valence-electron chi connectivity index (χ4n) is 6.63. The van der Waals surface area contributed by atoms with E-state index in [0.29, 0.717) is 5.92 Å². The molecular weight excluding hydrogens is 610 g/mol. The Morgan fingerprint density at radius 1 is 0.723 bits per heavy atom. The van der Waals surface area contributed by atoms with Gasteiger partial charge in [-0.3, -0.25) is 8.98 Å². The van der Waals surface area contributed by atoms with Crippen molar-refractivity contribution in [3.05, 3.63) is 63.2 Å². The number of hydrogen-bond acceptors (Lipinski definition) is 6. The molecule has 1 aliphatic heterocycles. The number of amides is 1. The Morgan fingerprint density at radius 3 is 1.55 bits per heavy atom. The minimum atomic E-state index is -4.12. The third kappa shape index (κ3) is 9.26. The summed E-state index contributed by atoms with van der Waals surface area (Å²) >= 11 is 0. The summed E-state index contributed by atoms with van der Waals surface area (Å²) in [7, 11) is -4.12. The van der Waals surface area contributed by atoms with Crippen molar-refractivity contribution in [2.45, 2.75) is 168 Å². The van der Waals surface area contributed by atoms with Gasteiger partial charge in [0.05, 0.1) is 37.4 Å². The second kappa shape index (κ2) is 16.0. The fourth-order valence-corrected chi connectivity index (χ4v) is 8.23. The first-order valence-corrected chi connectivity index (χ1v) is 19.0. The molecular formula is C39H61NO6S. The van der Waals surface area contributed by atoms with E-state index in [2.05, 4.69) is 72.8 Å². The van der Waals surface area contributed by atoms with Crippen LogP contribution in [0.25, 0.3) is 0 Å². The highest BCUT2D eigenvalue weighted by Gasteiger charge is 2.40. The zero-order valence-corrected chi connectivity index (χ0v) is 31.9. The van der Waals surface area contributed by atoms with Crippen LogP contribution in [-0.2, 0) is 23.8 Å². The predicted molar refractivity (Wildman–Crippen MR) is 191 cm³/mol. The van der Waals surface area contributed by atoms with E-state index in [9.17, 15) is 18.3 Å². The lowest BCUT2D eigenvalue weighted by atomic mass is 9.82. The van der Waals surface area contributed by atoms with Crippen LogP contribution in [0.5, 0.6) is 0 Å². The van der Waals surface area contributed by atoms with E-state index in [1.807, 2.05) is 46.8 Å². The molecule has 1 heterocycles. The quantitative estimate of drug-likeness (QED) is 0.183. The maximum Gasteiger partial charge on any atom is 0.297 e. The van der Waals surface area contributed by atoms with E-state index in [-0.39, 0.29) is 65.9 Å². The predicted octanol–water partition coefficient (Wildman–Crippen LogP) is 8.92. The maximum absolute atomic E-state index is 13.7.